The number of hydrogen-bond donors (Lipinski definition) is 2. The van der Waals surface area contributed by atoms with Crippen molar-refractivity contribution in [2.75, 3.05) is 10.6 Å². The second-order valence-corrected chi connectivity index (χ2v) is 11.2. The minimum absolute atomic E-state index is 0.223. The van der Waals surface area contributed by atoms with Crippen LogP contribution in [-0.2, 0) is 0 Å². The third kappa shape index (κ3) is 5.64. The summed E-state index contributed by atoms with van der Waals surface area (Å²) in [4.78, 5) is 4.42. The van der Waals surface area contributed by atoms with Gasteiger partial charge in [-0.3, -0.25) is 4.98 Å². The number of anilines is 2. The highest BCUT2D eigenvalue weighted by atomic mass is 35.5. The highest BCUT2D eigenvalue weighted by molar-refractivity contribution is 6.35. The van der Waals surface area contributed by atoms with Crippen LogP contribution in [0.5, 0.6) is 0 Å². The summed E-state index contributed by atoms with van der Waals surface area (Å²) >= 11 is 6.70. The van der Waals surface area contributed by atoms with Crippen LogP contribution in [0.2, 0.25) is 5.02 Å². The Morgan fingerprint density at radius 1 is 1.21 bits per heavy atom. The van der Waals surface area contributed by atoms with Crippen LogP contribution in [0.3, 0.4) is 0 Å². The molecule has 2 N–H and O–H groups in total. The fourth-order valence-corrected chi connectivity index (χ4v) is 4.63. The van der Waals surface area contributed by atoms with Gasteiger partial charge in [0.1, 0.15) is 17.6 Å². The van der Waals surface area contributed by atoms with E-state index in [-0.39, 0.29) is 23.9 Å². The number of rotatable bonds is 8. The molecule has 2 aromatic heterocycles. The summed E-state index contributed by atoms with van der Waals surface area (Å²) in [7, 11) is 0. The van der Waals surface area contributed by atoms with E-state index in [1.165, 1.54) is 30.5 Å². The lowest BCUT2D eigenvalue weighted by Gasteiger charge is -2.31. The molecule has 0 aliphatic heterocycles. The van der Waals surface area contributed by atoms with E-state index in [2.05, 4.69) is 38.1 Å². The molecule has 0 radical (unpaired) electrons. The number of nitrogens with zero attached hydrogens (tertiary/aromatic N) is 6. The van der Waals surface area contributed by atoms with Crippen LogP contribution in [0.4, 0.5) is 15.8 Å². The van der Waals surface area contributed by atoms with Gasteiger partial charge in [0.05, 0.1) is 53.9 Å². The Kier molecular flexibility index (Phi) is 6.76. The highest BCUT2D eigenvalue weighted by Crippen LogP contribution is 2.38. The first-order valence-corrected chi connectivity index (χ1v) is 13.0. The topological polar surface area (TPSA) is 115 Å². The number of hydrogen-bond acceptors (Lipinski definition) is 7. The zero-order valence-electron chi connectivity index (χ0n) is 22.8. The SMILES string of the molecule is [2H]C(Nc1cc(Cl)c2ncc(C#N)c(NC(CC#N)C(C)(C)C)c2c1)(c1ccc(F)cc1)c1cn(C2CC2)nn1. The lowest BCUT2D eigenvalue weighted by molar-refractivity contribution is 0.344. The monoisotopic (exact) mass is 543 g/mol. The molecule has 2 atom stereocenters. The van der Waals surface area contributed by atoms with Gasteiger partial charge < -0.3 is 10.6 Å². The minimum atomic E-state index is -1.64. The van der Waals surface area contributed by atoms with Crippen LogP contribution in [0.25, 0.3) is 10.9 Å². The molecule has 39 heavy (non-hydrogen) atoms. The molecule has 1 aliphatic carbocycles. The average Bonchev–Trinajstić information content (AvgIpc) is 3.64. The van der Waals surface area contributed by atoms with Gasteiger partial charge in [0.2, 0.25) is 0 Å². The van der Waals surface area contributed by atoms with E-state index in [0.29, 0.717) is 44.1 Å². The van der Waals surface area contributed by atoms with Crippen molar-refractivity contribution in [3.05, 3.63) is 76.5 Å². The summed E-state index contributed by atoms with van der Waals surface area (Å²) in [6, 6.07) is 11.9. The van der Waals surface area contributed by atoms with Crippen molar-refractivity contribution in [3.63, 3.8) is 0 Å². The largest absolute Gasteiger partial charge is 0.379 e. The number of fused-ring (bicyclic) bond motifs is 1. The maximum Gasteiger partial charge on any atom is 0.123 e. The molecule has 0 spiro atoms. The van der Waals surface area contributed by atoms with Crippen molar-refractivity contribution in [1.82, 2.24) is 20.0 Å². The fraction of sp³-hybridized carbons (Fsp3) is 0.345. The van der Waals surface area contributed by atoms with E-state index >= 15 is 0 Å². The van der Waals surface area contributed by atoms with Gasteiger partial charge in [0.15, 0.2) is 0 Å². The molecular formula is C29H28ClFN8. The second-order valence-electron chi connectivity index (χ2n) is 10.8. The summed E-state index contributed by atoms with van der Waals surface area (Å²) < 4.78 is 25.1. The van der Waals surface area contributed by atoms with Crippen molar-refractivity contribution in [1.29, 1.82) is 10.5 Å². The highest BCUT2D eigenvalue weighted by Gasteiger charge is 2.28. The van der Waals surface area contributed by atoms with Crippen LogP contribution in [0, 0.1) is 33.9 Å². The van der Waals surface area contributed by atoms with Gasteiger partial charge >= 0.3 is 0 Å². The maximum atomic E-state index is 13.8. The molecule has 5 rings (SSSR count). The Morgan fingerprint density at radius 2 is 1.95 bits per heavy atom. The van der Waals surface area contributed by atoms with Crippen molar-refractivity contribution in [3.8, 4) is 12.1 Å². The molecule has 0 saturated heterocycles. The van der Waals surface area contributed by atoms with Crippen LogP contribution < -0.4 is 10.6 Å². The molecule has 2 heterocycles. The van der Waals surface area contributed by atoms with Crippen LogP contribution in [0.1, 0.15) is 70.3 Å². The van der Waals surface area contributed by atoms with Gasteiger partial charge in [-0.15, -0.1) is 5.10 Å². The van der Waals surface area contributed by atoms with Crippen molar-refractivity contribution in [2.45, 2.75) is 58.1 Å². The summed E-state index contributed by atoms with van der Waals surface area (Å²) in [5.41, 5.74) is 2.24. The number of aromatic nitrogens is 4. The zero-order valence-corrected chi connectivity index (χ0v) is 22.6. The molecule has 0 amide bonds. The molecule has 2 unspecified atom stereocenters. The fourth-order valence-electron chi connectivity index (χ4n) is 4.37. The number of halogens is 2. The summed E-state index contributed by atoms with van der Waals surface area (Å²) in [5.74, 6) is -0.418. The molecule has 1 fully saturated rings. The van der Waals surface area contributed by atoms with Gasteiger partial charge in [-0.25, -0.2) is 9.07 Å². The van der Waals surface area contributed by atoms with Crippen LogP contribution >= 0.6 is 11.6 Å². The zero-order chi connectivity index (χ0) is 28.7. The first-order valence-electron chi connectivity index (χ1n) is 13.2. The Morgan fingerprint density at radius 3 is 2.59 bits per heavy atom. The number of benzene rings is 2. The maximum absolute atomic E-state index is 13.8. The van der Waals surface area contributed by atoms with Crippen LogP contribution in [-0.4, -0.2) is 26.0 Å². The third-order valence-corrected chi connectivity index (χ3v) is 7.08. The molecule has 1 saturated carbocycles. The normalized spacial score (nSPS) is 16.0. The van der Waals surface area contributed by atoms with Crippen molar-refractivity contribution >= 4 is 33.9 Å². The van der Waals surface area contributed by atoms with E-state index in [1.807, 2.05) is 20.8 Å². The molecule has 198 valence electrons. The van der Waals surface area contributed by atoms with E-state index < -0.39 is 11.8 Å². The van der Waals surface area contributed by atoms with Crippen molar-refractivity contribution < 1.29 is 5.76 Å². The molecular weight excluding hydrogens is 515 g/mol. The first kappa shape index (κ1) is 25.1. The lowest BCUT2D eigenvalue weighted by Crippen LogP contribution is -2.34. The predicted molar refractivity (Wildman–Crippen MR) is 149 cm³/mol. The molecule has 10 heteroatoms. The Hall–Kier alpha value is -4.21. The average molecular weight is 544 g/mol. The second kappa shape index (κ2) is 10.5. The van der Waals surface area contributed by atoms with E-state index in [0.717, 1.165) is 12.8 Å². The smallest absolute Gasteiger partial charge is 0.123 e. The summed E-state index contributed by atoms with van der Waals surface area (Å²) in [6.07, 6.45) is 5.43. The Labute approximate surface area is 232 Å². The molecule has 0 bridgehead atoms. The lowest BCUT2D eigenvalue weighted by atomic mass is 9.84. The third-order valence-electron chi connectivity index (χ3n) is 6.79. The molecule has 2 aromatic carbocycles. The van der Waals surface area contributed by atoms with E-state index in [1.54, 1.807) is 23.0 Å². The predicted octanol–water partition coefficient (Wildman–Crippen LogP) is 6.77. The van der Waals surface area contributed by atoms with Gasteiger partial charge in [-0.05, 0) is 48.1 Å². The van der Waals surface area contributed by atoms with Gasteiger partial charge in [-0.2, -0.15) is 10.5 Å². The first-order chi connectivity index (χ1) is 19.0. The standard InChI is InChI=1S/C29H28ClFN8/c1-29(2,3)25(10-11-32)36-26-18(14-33)15-34-28-22(26)12-20(13-23(28)30)35-27(17-4-6-19(31)7-5-17)24-16-39(38-37-24)21-8-9-21/h4-7,12-13,15-16,21,25,27,35H,8-10H2,1-3H3,(H,34,36)/i27D. The van der Waals surface area contributed by atoms with E-state index in [9.17, 15) is 16.3 Å². The Balaban J connectivity index is 1.64. The van der Waals surface area contributed by atoms with Crippen LogP contribution in [0.15, 0.2) is 48.8 Å². The number of nitriles is 2. The molecule has 1 aliphatic rings. The van der Waals surface area contributed by atoms with Gasteiger partial charge in [0.25, 0.3) is 0 Å². The van der Waals surface area contributed by atoms with Gasteiger partial charge in [0, 0.05) is 23.3 Å². The van der Waals surface area contributed by atoms with Gasteiger partial charge in [-0.1, -0.05) is 49.7 Å². The summed E-state index contributed by atoms with van der Waals surface area (Å²) in [6.45, 7) is 6.05. The quantitative estimate of drug-likeness (QED) is 0.252. The molecule has 4 aromatic rings. The summed E-state index contributed by atoms with van der Waals surface area (Å²) in [5, 5.41) is 35.4. The number of pyridine rings is 1. The van der Waals surface area contributed by atoms with Crippen molar-refractivity contribution in [2.24, 2.45) is 5.41 Å². The minimum Gasteiger partial charge on any atom is -0.379 e. The Bertz CT molecular complexity index is 1650. The number of nitrogens with one attached hydrogen (secondary N) is 2. The van der Waals surface area contributed by atoms with E-state index in [4.69, 9.17) is 11.6 Å². The molecule has 8 nitrogen and oxygen atoms in total.